The number of carbonyl (C=O) groups is 1. The van der Waals surface area contributed by atoms with Gasteiger partial charge in [-0.1, -0.05) is 0 Å². The summed E-state index contributed by atoms with van der Waals surface area (Å²) in [6, 6.07) is 6.61. The van der Waals surface area contributed by atoms with E-state index in [9.17, 15) is 13.2 Å². The summed E-state index contributed by atoms with van der Waals surface area (Å²) in [5.41, 5.74) is 0.599. The molecular weight excluding hydrogens is 290 g/mol. The zero-order valence-corrected chi connectivity index (χ0v) is 12.7. The molecule has 2 saturated heterocycles. The summed E-state index contributed by atoms with van der Waals surface area (Å²) in [7, 11) is -3.45. The van der Waals surface area contributed by atoms with Crippen LogP contribution in [0, 0.1) is 5.92 Å². The second-order valence-corrected chi connectivity index (χ2v) is 7.57. The van der Waals surface area contributed by atoms with Crippen molar-refractivity contribution in [2.45, 2.75) is 24.3 Å². The zero-order chi connectivity index (χ0) is 15.0. The molecule has 0 bridgehead atoms. The minimum Gasteiger partial charge on any atom is -0.326 e. The van der Waals surface area contributed by atoms with Crippen LogP contribution in [-0.4, -0.2) is 44.3 Å². The number of sulfonamides is 1. The smallest absolute Gasteiger partial charge is 0.243 e. The molecule has 0 aliphatic carbocycles. The molecule has 2 aliphatic rings. The quantitative estimate of drug-likeness (QED) is 0.858. The van der Waals surface area contributed by atoms with Crippen LogP contribution in [0.25, 0.3) is 0 Å². The first-order valence-electron chi connectivity index (χ1n) is 7.08. The Morgan fingerprint density at radius 3 is 2.62 bits per heavy atom. The first-order valence-corrected chi connectivity index (χ1v) is 8.52. The van der Waals surface area contributed by atoms with Crippen molar-refractivity contribution >= 4 is 21.6 Å². The Labute approximate surface area is 124 Å². The van der Waals surface area contributed by atoms with Gasteiger partial charge in [0.15, 0.2) is 0 Å². The summed E-state index contributed by atoms with van der Waals surface area (Å²) in [6.07, 6.45) is 1.04. The van der Waals surface area contributed by atoms with Crippen LogP contribution in [0.4, 0.5) is 5.69 Å². The second kappa shape index (κ2) is 5.40. The summed E-state index contributed by atoms with van der Waals surface area (Å²) in [6.45, 7) is 3.53. The first kappa shape index (κ1) is 14.5. The Bertz CT molecular complexity index is 630. The van der Waals surface area contributed by atoms with Crippen LogP contribution >= 0.6 is 0 Å². The van der Waals surface area contributed by atoms with Crippen molar-refractivity contribution in [2.24, 2.45) is 5.92 Å². The van der Waals surface area contributed by atoms with Crippen LogP contribution in [0.15, 0.2) is 29.2 Å². The number of amides is 1. The maximum atomic E-state index is 12.6. The van der Waals surface area contributed by atoms with Crippen molar-refractivity contribution in [3.05, 3.63) is 24.3 Å². The van der Waals surface area contributed by atoms with Gasteiger partial charge in [0.05, 0.1) is 4.90 Å². The van der Waals surface area contributed by atoms with Crippen LogP contribution < -0.4 is 10.6 Å². The second-order valence-electron chi connectivity index (χ2n) is 5.64. The Morgan fingerprint density at radius 2 is 2.00 bits per heavy atom. The third-order valence-electron chi connectivity index (χ3n) is 4.14. The lowest BCUT2D eigenvalue weighted by Crippen LogP contribution is -2.34. The van der Waals surface area contributed by atoms with Gasteiger partial charge in [-0.25, -0.2) is 8.42 Å². The summed E-state index contributed by atoms with van der Waals surface area (Å²) in [5, 5.41) is 5.98. The standard InChI is InChI=1S/C14H19N3O3S/c1-10(18)16-12-2-4-13(5-3-12)21(19,20)17-8-11-6-7-15-14(11)9-17/h2-5,11,14-15H,6-9H2,1H3,(H,16,18)/t11-,14+/m0/s1. The number of hydrogen-bond acceptors (Lipinski definition) is 4. The van der Waals surface area contributed by atoms with Gasteiger partial charge < -0.3 is 10.6 Å². The SMILES string of the molecule is CC(=O)Nc1ccc(S(=O)(=O)N2C[C@@H]3CCN[C@@H]3C2)cc1. The van der Waals surface area contributed by atoms with E-state index >= 15 is 0 Å². The van der Waals surface area contributed by atoms with Gasteiger partial charge in [0.2, 0.25) is 15.9 Å². The number of nitrogens with one attached hydrogen (secondary N) is 2. The molecule has 21 heavy (non-hydrogen) atoms. The maximum absolute atomic E-state index is 12.6. The molecule has 2 N–H and O–H groups in total. The van der Waals surface area contributed by atoms with Crippen molar-refractivity contribution in [1.82, 2.24) is 9.62 Å². The summed E-state index contributed by atoms with van der Waals surface area (Å²) in [5.74, 6) is 0.252. The molecule has 114 valence electrons. The van der Waals surface area contributed by atoms with E-state index in [0.717, 1.165) is 13.0 Å². The van der Waals surface area contributed by atoms with Crippen molar-refractivity contribution in [1.29, 1.82) is 0 Å². The molecule has 2 fully saturated rings. The summed E-state index contributed by atoms with van der Waals surface area (Å²) >= 11 is 0. The zero-order valence-electron chi connectivity index (χ0n) is 11.9. The third kappa shape index (κ3) is 2.81. The van der Waals surface area contributed by atoms with Crippen molar-refractivity contribution in [3.8, 4) is 0 Å². The average Bonchev–Trinajstić information content (AvgIpc) is 2.99. The van der Waals surface area contributed by atoms with Gasteiger partial charge in [-0.2, -0.15) is 4.31 Å². The van der Waals surface area contributed by atoms with Crippen LogP contribution in [-0.2, 0) is 14.8 Å². The van der Waals surface area contributed by atoms with E-state index in [1.807, 2.05) is 0 Å². The van der Waals surface area contributed by atoms with Crippen molar-refractivity contribution < 1.29 is 13.2 Å². The van der Waals surface area contributed by atoms with E-state index in [0.29, 0.717) is 30.7 Å². The highest BCUT2D eigenvalue weighted by atomic mass is 32.2. The highest BCUT2D eigenvalue weighted by molar-refractivity contribution is 7.89. The monoisotopic (exact) mass is 309 g/mol. The predicted octanol–water partition coefficient (Wildman–Crippen LogP) is 0.627. The predicted molar refractivity (Wildman–Crippen MR) is 79.4 cm³/mol. The molecule has 0 aromatic heterocycles. The lowest BCUT2D eigenvalue weighted by molar-refractivity contribution is -0.114. The highest BCUT2D eigenvalue weighted by Gasteiger charge is 2.41. The van der Waals surface area contributed by atoms with E-state index in [-0.39, 0.29) is 10.8 Å². The number of nitrogens with zero attached hydrogens (tertiary/aromatic N) is 1. The van der Waals surface area contributed by atoms with Crippen LogP contribution in [0.1, 0.15) is 13.3 Å². The molecule has 1 aromatic rings. The molecule has 0 radical (unpaired) electrons. The largest absolute Gasteiger partial charge is 0.326 e. The van der Waals surface area contributed by atoms with Gasteiger partial charge >= 0.3 is 0 Å². The van der Waals surface area contributed by atoms with Crippen LogP contribution in [0.2, 0.25) is 0 Å². The molecule has 1 amide bonds. The topological polar surface area (TPSA) is 78.5 Å². The molecule has 7 heteroatoms. The van der Waals surface area contributed by atoms with Gasteiger partial charge in [0.1, 0.15) is 0 Å². The Balaban J connectivity index is 1.77. The molecule has 2 aliphatic heterocycles. The fourth-order valence-electron chi connectivity index (χ4n) is 3.07. The molecule has 1 aromatic carbocycles. The van der Waals surface area contributed by atoms with E-state index in [1.165, 1.54) is 6.92 Å². The Hall–Kier alpha value is -1.44. The molecule has 0 saturated carbocycles. The molecule has 0 unspecified atom stereocenters. The Morgan fingerprint density at radius 1 is 1.29 bits per heavy atom. The summed E-state index contributed by atoms with van der Waals surface area (Å²) in [4.78, 5) is 11.2. The van der Waals surface area contributed by atoms with Crippen LogP contribution in [0.5, 0.6) is 0 Å². The van der Waals surface area contributed by atoms with Gasteiger partial charge in [0.25, 0.3) is 0 Å². The minimum absolute atomic E-state index is 0.177. The number of carbonyl (C=O) groups excluding carboxylic acids is 1. The van der Waals surface area contributed by atoms with Gasteiger partial charge in [0, 0.05) is 31.7 Å². The lowest BCUT2D eigenvalue weighted by atomic mass is 10.1. The third-order valence-corrected chi connectivity index (χ3v) is 5.99. The molecular formula is C14H19N3O3S. The Kier molecular flexibility index (Phi) is 3.73. The van der Waals surface area contributed by atoms with Gasteiger partial charge in [-0.3, -0.25) is 4.79 Å². The van der Waals surface area contributed by atoms with E-state index in [4.69, 9.17) is 0 Å². The number of benzene rings is 1. The van der Waals surface area contributed by atoms with Crippen molar-refractivity contribution in [3.63, 3.8) is 0 Å². The normalized spacial score (nSPS) is 25.8. The number of hydrogen-bond donors (Lipinski definition) is 2. The maximum Gasteiger partial charge on any atom is 0.243 e. The van der Waals surface area contributed by atoms with Crippen LogP contribution in [0.3, 0.4) is 0 Å². The number of anilines is 1. The number of rotatable bonds is 3. The lowest BCUT2D eigenvalue weighted by Gasteiger charge is -2.17. The van der Waals surface area contributed by atoms with Crippen molar-refractivity contribution in [2.75, 3.05) is 25.0 Å². The van der Waals surface area contributed by atoms with E-state index < -0.39 is 10.0 Å². The molecule has 2 atom stereocenters. The molecule has 3 rings (SSSR count). The van der Waals surface area contributed by atoms with Gasteiger partial charge in [-0.05, 0) is 43.1 Å². The number of fused-ring (bicyclic) bond motifs is 1. The molecule has 0 spiro atoms. The fraction of sp³-hybridized carbons (Fsp3) is 0.500. The molecule has 6 nitrogen and oxygen atoms in total. The summed E-state index contributed by atoms with van der Waals surface area (Å²) < 4.78 is 26.8. The fourth-order valence-corrected chi connectivity index (χ4v) is 4.59. The minimum atomic E-state index is -3.45. The molecule has 2 heterocycles. The first-order chi connectivity index (χ1) is 9.96. The highest BCUT2D eigenvalue weighted by Crippen LogP contribution is 2.29. The van der Waals surface area contributed by atoms with E-state index in [1.54, 1.807) is 28.6 Å². The average molecular weight is 309 g/mol. The van der Waals surface area contributed by atoms with Gasteiger partial charge in [-0.15, -0.1) is 0 Å². The van der Waals surface area contributed by atoms with E-state index in [2.05, 4.69) is 10.6 Å².